The van der Waals surface area contributed by atoms with Crippen LogP contribution in [-0.2, 0) is 16.6 Å². The third-order valence-electron chi connectivity index (χ3n) is 3.99. The maximum Gasteiger partial charge on any atom is 0.254 e. The molecule has 0 atom stereocenters. The molecule has 152 valence electrons. The Morgan fingerprint density at radius 3 is 2.25 bits per heavy atom. The molecule has 0 fully saturated rings. The zero-order valence-electron chi connectivity index (χ0n) is 16.9. The topological polar surface area (TPSA) is 66.5 Å². The fourth-order valence-electron chi connectivity index (χ4n) is 2.74. The summed E-state index contributed by atoms with van der Waals surface area (Å²) < 4.78 is 28.0. The van der Waals surface area contributed by atoms with Crippen molar-refractivity contribution in [1.82, 2.24) is 9.62 Å². The lowest BCUT2D eigenvalue weighted by molar-refractivity contribution is 0.0690. The number of nitrogens with one attached hydrogen (secondary N) is 1. The van der Waals surface area contributed by atoms with Gasteiger partial charge in [0.05, 0.1) is 5.02 Å². The van der Waals surface area contributed by atoms with Crippen molar-refractivity contribution in [2.75, 3.05) is 0 Å². The number of hydrogen-bond acceptors (Lipinski definition) is 3. The molecule has 0 spiro atoms. The lowest BCUT2D eigenvalue weighted by Crippen LogP contribution is -2.40. The molecule has 0 bridgehead atoms. The molecular formula is C21H27ClN2O3S. The van der Waals surface area contributed by atoms with E-state index in [1.54, 1.807) is 31.7 Å². The van der Waals surface area contributed by atoms with E-state index in [0.717, 1.165) is 5.56 Å². The second-order valence-corrected chi connectivity index (χ2v) is 10.1. The van der Waals surface area contributed by atoms with Gasteiger partial charge in [-0.2, -0.15) is 0 Å². The summed E-state index contributed by atoms with van der Waals surface area (Å²) >= 11 is 6.14. The third kappa shape index (κ3) is 5.80. The van der Waals surface area contributed by atoms with Gasteiger partial charge in [0, 0.05) is 23.7 Å². The normalized spacial score (nSPS) is 12.2. The minimum Gasteiger partial charge on any atom is -0.332 e. The molecule has 0 aliphatic carbocycles. The molecule has 0 aliphatic rings. The van der Waals surface area contributed by atoms with Gasteiger partial charge >= 0.3 is 0 Å². The Labute approximate surface area is 172 Å². The number of rotatable bonds is 6. The third-order valence-corrected chi connectivity index (χ3v) is 6.23. The van der Waals surface area contributed by atoms with Gasteiger partial charge in [0.25, 0.3) is 5.91 Å². The van der Waals surface area contributed by atoms with Crippen molar-refractivity contribution in [3.05, 3.63) is 64.7 Å². The molecule has 28 heavy (non-hydrogen) atoms. The summed E-state index contributed by atoms with van der Waals surface area (Å²) in [6.45, 7) is 9.52. The van der Waals surface area contributed by atoms with E-state index in [1.165, 1.54) is 12.1 Å². The minimum atomic E-state index is -3.86. The van der Waals surface area contributed by atoms with Crippen LogP contribution in [-0.4, -0.2) is 30.8 Å². The molecule has 1 N–H and O–H groups in total. The minimum absolute atomic E-state index is 0.0591. The summed E-state index contributed by atoms with van der Waals surface area (Å²) in [7, 11) is -3.86. The summed E-state index contributed by atoms with van der Waals surface area (Å²) in [6.07, 6.45) is 0. The molecule has 2 aromatic rings. The van der Waals surface area contributed by atoms with E-state index < -0.39 is 15.6 Å². The lowest BCUT2D eigenvalue weighted by atomic mass is 10.1. The molecule has 0 unspecified atom stereocenters. The van der Waals surface area contributed by atoms with Crippen LogP contribution in [0.2, 0.25) is 5.02 Å². The predicted molar refractivity (Wildman–Crippen MR) is 113 cm³/mol. The van der Waals surface area contributed by atoms with Crippen LogP contribution in [0.4, 0.5) is 0 Å². The Hall–Kier alpha value is -1.89. The summed E-state index contributed by atoms with van der Waals surface area (Å²) in [5, 5.41) is 0.0763. The van der Waals surface area contributed by atoms with Gasteiger partial charge in [-0.3, -0.25) is 4.79 Å². The average Bonchev–Trinajstić information content (AvgIpc) is 2.58. The maximum atomic E-state index is 13.1. The molecule has 7 heteroatoms. The standard InChI is InChI=1S/C21H27ClN2O3S/c1-15(2)24(14-16-9-7-6-8-10-16)20(25)17-11-12-18(22)19(13-17)28(26,27)23-21(3,4)5/h6-13,15,23H,14H2,1-5H3. The first-order valence-electron chi connectivity index (χ1n) is 9.09. The summed E-state index contributed by atoms with van der Waals surface area (Å²) in [6, 6.07) is 14.0. The first-order valence-corrected chi connectivity index (χ1v) is 11.0. The van der Waals surface area contributed by atoms with Crippen molar-refractivity contribution >= 4 is 27.5 Å². The Balaban J connectivity index is 2.39. The molecule has 2 aromatic carbocycles. The molecule has 0 aliphatic heterocycles. The fraction of sp³-hybridized carbons (Fsp3) is 0.381. The fourth-order valence-corrected chi connectivity index (χ4v) is 4.68. The van der Waals surface area contributed by atoms with Crippen molar-refractivity contribution in [2.24, 2.45) is 0 Å². The molecule has 0 saturated carbocycles. The zero-order valence-corrected chi connectivity index (χ0v) is 18.4. The highest BCUT2D eigenvalue weighted by Gasteiger charge is 2.27. The number of amides is 1. The van der Waals surface area contributed by atoms with Crippen LogP contribution in [0.5, 0.6) is 0 Å². The summed E-state index contributed by atoms with van der Waals surface area (Å²) in [4.78, 5) is 14.7. The Morgan fingerprint density at radius 2 is 1.71 bits per heavy atom. The molecule has 2 rings (SSSR count). The molecular weight excluding hydrogens is 396 g/mol. The number of nitrogens with zero attached hydrogens (tertiary/aromatic N) is 1. The van der Waals surface area contributed by atoms with Crippen LogP contribution in [0.1, 0.15) is 50.5 Å². The Morgan fingerprint density at radius 1 is 1.11 bits per heavy atom. The Kier molecular flexibility index (Phi) is 6.91. The Bertz CT molecular complexity index is 936. The number of carbonyl (C=O) groups excluding carboxylic acids is 1. The lowest BCUT2D eigenvalue weighted by Gasteiger charge is -2.27. The number of halogens is 1. The van der Waals surface area contributed by atoms with Gasteiger partial charge in [0.15, 0.2) is 0 Å². The van der Waals surface area contributed by atoms with Gasteiger partial charge in [-0.05, 0) is 58.4 Å². The van der Waals surface area contributed by atoms with E-state index in [1.807, 2.05) is 44.2 Å². The van der Waals surface area contributed by atoms with Crippen LogP contribution < -0.4 is 4.72 Å². The van der Waals surface area contributed by atoms with Gasteiger partial charge in [-0.25, -0.2) is 13.1 Å². The molecule has 0 radical (unpaired) electrons. The van der Waals surface area contributed by atoms with Crippen LogP contribution in [0.3, 0.4) is 0 Å². The largest absolute Gasteiger partial charge is 0.332 e. The number of hydrogen-bond donors (Lipinski definition) is 1. The highest BCUT2D eigenvalue weighted by atomic mass is 35.5. The monoisotopic (exact) mass is 422 g/mol. The summed E-state index contributed by atoms with van der Waals surface area (Å²) in [5.74, 6) is -0.247. The van der Waals surface area contributed by atoms with Crippen LogP contribution in [0.25, 0.3) is 0 Å². The van der Waals surface area contributed by atoms with Gasteiger partial charge in [-0.15, -0.1) is 0 Å². The van der Waals surface area contributed by atoms with Gasteiger partial charge in [-0.1, -0.05) is 41.9 Å². The number of benzene rings is 2. The predicted octanol–water partition coefficient (Wildman–Crippen LogP) is 4.47. The van der Waals surface area contributed by atoms with Crippen molar-refractivity contribution < 1.29 is 13.2 Å². The summed E-state index contributed by atoms with van der Waals surface area (Å²) in [5.41, 5.74) is 0.614. The van der Waals surface area contributed by atoms with Crippen LogP contribution >= 0.6 is 11.6 Å². The maximum absolute atomic E-state index is 13.1. The second-order valence-electron chi connectivity index (χ2n) is 8.01. The smallest absolute Gasteiger partial charge is 0.254 e. The SMILES string of the molecule is CC(C)N(Cc1ccccc1)C(=O)c1ccc(Cl)c(S(=O)(=O)NC(C)(C)C)c1. The van der Waals surface area contributed by atoms with E-state index in [-0.39, 0.29) is 27.4 Å². The zero-order chi connectivity index (χ0) is 21.1. The van der Waals surface area contributed by atoms with Crippen molar-refractivity contribution in [2.45, 2.75) is 57.6 Å². The first-order chi connectivity index (χ1) is 12.9. The van der Waals surface area contributed by atoms with Crippen molar-refractivity contribution in [1.29, 1.82) is 0 Å². The quantitative estimate of drug-likeness (QED) is 0.746. The van der Waals surface area contributed by atoms with Crippen LogP contribution in [0.15, 0.2) is 53.4 Å². The highest BCUT2D eigenvalue weighted by Crippen LogP contribution is 2.25. The molecule has 0 aromatic heterocycles. The van der Waals surface area contributed by atoms with Gasteiger partial charge < -0.3 is 4.90 Å². The van der Waals surface area contributed by atoms with E-state index in [4.69, 9.17) is 11.6 Å². The molecule has 0 saturated heterocycles. The van der Waals surface area contributed by atoms with E-state index in [2.05, 4.69) is 4.72 Å². The first kappa shape index (κ1) is 22.4. The van der Waals surface area contributed by atoms with E-state index in [9.17, 15) is 13.2 Å². The molecule has 0 heterocycles. The van der Waals surface area contributed by atoms with Crippen molar-refractivity contribution in [3.63, 3.8) is 0 Å². The van der Waals surface area contributed by atoms with Crippen molar-refractivity contribution in [3.8, 4) is 0 Å². The second kappa shape index (κ2) is 8.64. The van der Waals surface area contributed by atoms with E-state index in [0.29, 0.717) is 6.54 Å². The van der Waals surface area contributed by atoms with Gasteiger partial charge in [0.2, 0.25) is 10.0 Å². The highest BCUT2D eigenvalue weighted by molar-refractivity contribution is 7.89. The number of sulfonamides is 1. The van der Waals surface area contributed by atoms with E-state index >= 15 is 0 Å². The molecule has 1 amide bonds. The van der Waals surface area contributed by atoms with Gasteiger partial charge in [0.1, 0.15) is 4.90 Å². The van der Waals surface area contributed by atoms with Crippen LogP contribution in [0, 0.1) is 0 Å². The number of carbonyl (C=O) groups is 1. The average molecular weight is 423 g/mol. The molecule has 5 nitrogen and oxygen atoms in total.